The Morgan fingerprint density at radius 1 is 0.871 bits per heavy atom. The third kappa shape index (κ3) is 11.5. The lowest BCUT2D eigenvalue weighted by Gasteiger charge is -2.18. The predicted octanol–water partition coefficient (Wildman–Crippen LogP) is 0.508. The summed E-state index contributed by atoms with van der Waals surface area (Å²) >= 11 is 0. The Labute approximate surface area is 186 Å². The van der Waals surface area contributed by atoms with Gasteiger partial charge in [-0.05, 0) is 50.4 Å². The Balaban J connectivity index is 2.38. The molecule has 1 rings (SSSR count). The fourth-order valence-electron chi connectivity index (χ4n) is 3.21. The summed E-state index contributed by atoms with van der Waals surface area (Å²) in [6, 6.07) is 7.72. The Bertz CT molecular complexity index is 681. The molecule has 0 aromatic heterocycles. The van der Waals surface area contributed by atoms with E-state index in [1.165, 1.54) is 11.1 Å². The number of carbonyl (C=O) groups excluding carboxylic acids is 3. The summed E-state index contributed by atoms with van der Waals surface area (Å²) in [5, 5.41) is 14.0. The van der Waals surface area contributed by atoms with Crippen LogP contribution >= 0.6 is 0 Å². The van der Waals surface area contributed by atoms with Gasteiger partial charge in [0.05, 0.1) is 13.1 Å². The lowest BCUT2D eigenvalue weighted by atomic mass is 9.99. The van der Waals surface area contributed by atoms with Gasteiger partial charge in [0, 0.05) is 13.1 Å². The van der Waals surface area contributed by atoms with Crippen LogP contribution in [-0.2, 0) is 27.2 Å². The molecule has 3 amide bonds. The summed E-state index contributed by atoms with van der Waals surface area (Å²) in [7, 11) is 1.72. The minimum atomic E-state index is -0.694. The second kappa shape index (κ2) is 16.3. The molecule has 174 valence electrons. The van der Waals surface area contributed by atoms with Gasteiger partial charge in [-0.15, -0.1) is 0 Å². The van der Waals surface area contributed by atoms with Gasteiger partial charge in [0.1, 0.15) is 6.04 Å². The second-order valence-electron chi connectivity index (χ2n) is 7.54. The van der Waals surface area contributed by atoms with Gasteiger partial charge in [0.25, 0.3) is 0 Å². The van der Waals surface area contributed by atoms with E-state index in [4.69, 9.17) is 0 Å². The number of nitrogens with one attached hydrogen (secondary N) is 5. The van der Waals surface area contributed by atoms with Crippen LogP contribution in [0.4, 0.5) is 0 Å². The molecule has 0 aliphatic carbocycles. The van der Waals surface area contributed by atoms with Crippen LogP contribution < -0.4 is 26.6 Å². The first-order valence-electron chi connectivity index (χ1n) is 11.3. The quantitative estimate of drug-likeness (QED) is 0.244. The lowest BCUT2D eigenvalue weighted by Crippen LogP contribution is -2.53. The van der Waals surface area contributed by atoms with Crippen molar-refractivity contribution in [2.45, 2.75) is 52.0 Å². The van der Waals surface area contributed by atoms with E-state index in [1.54, 1.807) is 7.05 Å². The molecule has 8 nitrogen and oxygen atoms in total. The first-order valence-corrected chi connectivity index (χ1v) is 11.3. The van der Waals surface area contributed by atoms with E-state index in [-0.39, 0.29) is 24.9 Å². The maximum atomic E-state index is 12.5. The van der Waals surface area contributed by atoms with Crippen LogP contribution in [-0.4, -0.2) is 63.5 Å². The molecule has 31 heavy (non-hydrogen) atoms. The third-order valence-corrected chi connectivity index (χ3v) is 4.78. The van der Waals surface area contributed by atoms with Gasteiger partial charge in [0.2, 0.25) is 17.7 Å². The number of likely N-dealkylation sites (N-methyl/N-ethyl adjacent to an activating group) is 1. The molecular formula is C23H39N5O3. The molecule has 0 saturated carbocycles. The maximum Gasteiger partial charge on any atom is 0.243 e. The molecule has 0 spiro atoms. The van der Waals surface area contributed by atoms with E-state index >= 15 is 0 Å². The molecule has 1 aromatic carbocycles. The molecule has 0 saturated heterocycles. The zero-order chi connectivity index (χ0) is 22.9. The van der Waals surface area contributed by atoms with Gasteiger partial charge in [-0.25, -0.2) is 0 Å². The van der Waals surface area contributed by atoms with Crippen LogP contribution in [0.1, 0.15) is 44.2 Å². The molecule has 0 aliphatic heterocycles. The third-order valence-electron chi connectivity index (χ3n) is 4.78. The topological polar surface area (TPSA) is 111 Å². The zero-order valence-corrected chi connectivity index (χ0v) is 19.2. The van der Waals surface area contributed by atoms with Crippen molar-refractivity contribution < 1.29 is 14.4 Å². The van der Waals surface area contributed by atoms with E-state index in [1.807, 2.05) is 13.0 Å². The molecule has 0 fully saturated rings. The first kappa shape index (κ1) is 26.6. The SMILES string of the molecule is CCCNCC(=O)NCC(=O)NC(CNC)C(=O)NCCCc1ccccc1CCC. The highest BCUT2D eigenvalue weighted by Gasteiger charge is 2.19. The number of rotatable bonds is 16. The highest BCUT2D eigenvalue weighted by molar-refractivity contribution is 5.90. The van der Waals surface area contributed by atoms with Crippen molar-refractivity contribution in [2.24, 2.45) is 0 Å². The molecular weight excluding hydrogens is 394 g/mol. The average molecular weight is 434 g/mol. The van der Waals surface area contributed by atoms with E-state index < -0.39 is 11.9 Å². The number of hydrogen-bond donors (Lipinski definition) is 5. The normalized spacial score (nSPS) is 11.6. The van der Waals surface area contributed by atoms with Gasteiger partial charge in [-0.3, -0.25) is 14.4 Å². The van der Waals surface area contributed by atoms with Crippen molar-refractivity contribution in [3.63, 3.8) is 0 Å². The van der Waals surface area contributed by atoms with Crippen LogP contribution in [0.3, 0.4) is 0 Å². The Morgan fingerprint density at radius 2 is 1.58 bits per heavy atom. The number of hydrogen-bond acceptors (Lipinski definition) is 5. The van der Waals surface area contributed by atoms with Crippen LogP contribution in [0.15, 0.2) is 24.3 Å². The van der Waals surface area contributed by atoms with Crippen LogP contribution in [0.2, 0.25) is 0 Å². The van der Waals surface area contributed by atoms with Gasteiger partial charge in [-0.2, -0.15) is 0 Å². The standard InChI is InChI=1S/C23H39N5O3/c1-4-9-18-10-6-7-11-19(18)12-8-14-26-23(31)20(15-24-3)28-22(30)17-27-21(29)16-25-13-5-2/h6-7,10-11,20,24-25H,4-5,8-9,12-17H2,1-3H3,(H,26,31)(H,27,29)(H,28,30). The van der Waals surface area contributed by atoms with Crippen LogP contribution in [0, 0.1) is 0 Å². The number of aryl methyl sites for hydroxylation is 2. The van der Waals surface area contributed by atoms with Crippen molar-refractivity contribution in [3.8, 4) is 0 Å². The molecule has 0 bridgehead atoms. The number of amides is 3. The first-order chi connectivity index (χ1) is 15.0. The molecule has 5 N–H and O–H groups in total. The zero-order valence-electron chi connectivity index (χ0n) is 19.2. The smallest absolute Gasteiger partial charge is 0.243 e. The van der Waals surface area contributed by atoms with Gasteiger partial charge < -0.3 is 26.6 Å². The maximum absolute atomic E-state index is 12.5. The van der Waals surface area contributed by atoms with Crippen molar-refractivity contribution in [3.05, 3.63) is 35.4 Å². The number of carbonyl (C=O) groups is 3. The number of benzene rings is 1. The molecule has 1 atom stereocenters. The molecule has 0 aliphatic rings. The molecule has 0 radical (unpaired) electrons. The molecule has 1 aromatic rings. The van der Waals surface area contributed by atoms with Crippen LogP contribution in [0.25, 0.3) is 0 Å². The van der Waals surface area contributed by atoms with E-state index in [0.717, 1.165) is 38.6 Å². The van der Waals surface area contributed by atoms with E-state index in [2.05, 4.69) is 51.7 Å². The Kier molecular flexibility index (Phi) is 14.0. The van der Waals surface area contributed by atoms with E-state index in [0.29, 0.717) is 13.1 Å². The molecule has 8 heteroatoms. The van der Waals surface area contributed by atoms with Crippen molar-refractivity contribution in [1.29, 1.82) is 0 Å². The molecule has 1 unspecified atom stereocenters. The predicted molar refractivity (Wildman–Crippen MR) is 124 cm³/mol. The van der Waals surface area contributed by atoms with Gasteiger partial charge in [0.15, 0.2) is 0 Å². The summed E-state index contributed by atoms with van der Waals surface area (Å²) in [4.78, 5) is 36.3. The summed E-state index contributed by atoms with van der Waals surface area (Å²) in [5.41, 5.74) is 2.69. The highest BCUT2D eigenvalue weighted by Crippen LogP contribution is 2.12. The lowest BCUT2D eigenvalue weighted by molar-refractivity contribution is -0.129. The minimum absolute atomic E-state index is 0.158. The van der Waals surface area contributed by atoms with Crippen molar-refractivity contribution in [2.75, 3.05) is 39.8 Å². The highest BCUT2D eigenvalue weighted by atomic mass is 16.2. The fraction of sp³-hybridized carbons (Fsp3) is 0.609. The largest absolute Gasteiger partial charge is 0.354 e. The summed E-state index contributed by atoms with van der Waals surface area (Å²) in [6.45, 7) is 5.78. The second-order valence-corrected chi connectivity index (χ2v) is 7.54. The Morgan fingerprint density at radius 3 is 2.23 bits per heavy atom. The van der Waals surface area contributed by atoms with Gasteiger partial charge in [-0.1, -0.05) is 44.5 Å². The minimum Gasteiger partial charge on any atom is -0.354 e. The van der Waals surface area contributed by atoms with Gasteiger partial charge >= 0.3 is 0 Å². The Hall–Kier alpha value is -2.45. The van der Waals surface area contributed by atoms with Crippen molar-refractivity contribution >= 4 is 17.7 Å². The monoisotopic (exact) mass is 433 g/mol. The average Bonchev–Trinajstić information content (AvgIpc) is 2.76. The van der Waals surface area contributed by atoms with Crippen LogP contribution in [0.5, 0.6) is 0 Å². The molecule has 0 heterocycles. The summed E-state index contributed by atoms with van der Waals surface area (Å²) in [6.07, 6.45) is 4.82. The van der Waals surface area contributed by atoms with Crippen molar-refractivity contribution in [1.82, 2.24) is 26.6 Å². The summed E-state index contributed by atoms with van der Waals surface area (Å²) in [5.74, 6) is -0.880. The fourth-order valence-corrected chi connectivity index (χ4v) is 3.21. The van der Waals surface area contributed by atoms with E-state index in [9.17, 15) is 14.4 Å². The summed E-state index contributed by atoms with van der Waals surface area (Å²) < 4.78 is 0.